The molecule has 6 nitrogen and oxygen atoms in total. The molecule has 0 aliphatic carbocycles. The Kier molecular flexibility index (Phi) is 5.12. The van der Waals surface area contributed by atoms with Crippen LogP contribution in [0.3, 0.4) is 0 Å². The number of carbonyl (C=O) groups excluding carboxylic acids is 2. The second-order valence-corrected chi connectivity index (χ2v) is 6.03. The van der Waals surface area contributed by atoms with Crippen molar-refractivity contribution >= 4 is 17.6 Å². The van der Waals surface area contributed by atoms with E-state index in [0.717, 1.165) is 11.1 Å². The van der Waals surface area contributed by atoms with E-state index in [1.807, 2.05) is 37.3 Å². The van der Waals surface area contributed by atoms with E-state index in [0.29, 0.717) is 17.9 Å². The smallest absolute Gasteiger partial charge is 0.272 e. The molecule has 2 N–H and O–H groups in total. The molecule has 3 aromatic rings. The average Bonchev–Trinajstić information content (AvgIpc) is 3.01. The Morgan fingerprint density at radius 1 is 1.00 bits per heavy atom. The van der Waals surface area contributed by atoms with Gasteiger partial charge in [-0.25, -0.2) is 0 Å². The highest BCUT2D eigenvalue weighted by molar-refractivity contribution is 6.04. The first-order chi connectivity index (χ1) is 12.5. The lowest BCUT2D eigenvalue weighted by atomic mass is 10.1. The summed E-state index contributed by atoms with van der Waals surface area (Å²) in [6.45, 7) is 2.43. The summed E-state index contributed by atoms with van der Waals surface area (Å²) in [5, 5.41) is 9.78. The topological polar surface area (TPSA) is 76.0 Å². The molecule has 2 aromatic carbocycles. The van der Waals surface area contributed by atoms with E-state index in [-0.39, 0.29) is 17.5 Å². The van der Waals surface area contributed by atoms with Crippen molar-refractivity contribution in [2.45, 2.75) is 13.5 Å². The van der Waals surface area contributed by atoms with E-state index in [2.05, 4.69) is 15.7 Å². The summed E-state index contributed by atoms with van der Waals surface area (Å²) in [7, 11) is 1.68. The minimum Gasteiger partial charge on any atom is -0.347 e. The second-order valence-electron chi connectivity index (χ2n) is 6.03. The normalized spacial score (nSPS) is 10.4. The van der Waals surface area contributed by atoms with Gasteiger partial charge in [0.2, 0.25) is 0 Å². The number of hydrogen-bond donors (Lipinski definition) is 2. The van der Waals surface area contributed by atoms with Crippen LogP contribution in [0.5, 0.6) is 0 Å². The van der Waals surface area contributed by atoms with Crippen LogP contribution in [-0.2, 0) is 13.6 Å². The van der Waals surface area contributed by atoms with Gasteiger partial charge >= 0.3 is 0 Å². The van der Waals surface area contributed by atoms with E-state index in [1.165, 1.54) is 4.68 Å². The Balaban J connectivity index is 1.65. The quantitative estimate of drug-likeness (QED) is 0.744. The van der Waals surface area contributed by atoms with Gasteiger partial charge in [0.15, 0.2) is 5.69 Å². The summed E-state index contributed by atoms with van der Waals surface area (Å²) in [6, 6.07) is 18.4. The number of aryl methyl sites for hydroxylation is 2. The largest absolute Gasteiger partial charge is 0.347 e. The number of hydrogen-bond acceptors (Lipinski definition) is 3. The zero-order chi connectivity index (χ0) is 18.5. The van der Waals surface area contributed by atoms with E-state index >= 15 is 0 Å². The number of carbonyl (C=O) groups is 2. The molecular weight excluding hydrogens is 328 g/mol. The van der Waals surface area contributed by atoms with Crippen LogP contribution in [0.15, 0.2) is 60.7 Å². The summed E-state index contributed by atoms with van der Waals surface area (Å²) < 4.78 is 1.47. The first-order valence-electron chi connectivity index (χ1n) is 8.27. The number of anilines is 1. The van der Waals surface area contributed by atoms with Gasteiger partial charge in [-0.05, 0) is 24.6 Å². The third kappa shape index (κ3) is 4.16. The lowest BCUT2D eigenvalue weighted by Gasteiger charge is -2.04. The van der Waals surface area contributed by atoms with Crippen molar-refractivity contribution in [3.8, 4) is 0 Å². The lowest BCUT2D eigenvalue weighted by Crippen LogP contribution is -2.23. The zero-order valence-corrected chi connectivity index (χ0v) is 14.7. The Hall–Kier alpha value is -3.41. The second kappa shape index (κ2) is 7.65. The maximum Gasteiger partial charge on any atom is 0.272 e. The molecule has 1 heterocycles. The fourth-order valence-electron chi connectivity index (χ4n) is 2.57. The maximum absolute atomic E-state index is 12.3. The van der Waals surface area contributed by atoms with Crippen LogP contribution in [0.1, 0.15) is 32.0 Å². The summed E-state index contributed by atoms with van der Waals surface area (Å²) in [4.78, 5) is 24.6. The predicted octanol–water partition coefficient (Wildman–Crippen LogP) is 2.91. The summed E-state index contributed by atoms with van der Waals surface area (Å²) in [6.07, 6.45) is 0. The number of aromatic nitrogens is 2. The number of nitrogens with zero attached hydrogens (tertiary/aromatic N) is 2. The van der Waals surface area contributed by atoms with Crippen LogP contribution in [0.25, 0.3) is 0 Å². The van der Waals surface area contributed by atoms with Gasteiger partial charge in [-0.2, -0.15) is 5.10 Å². The Morgan fingerprint density at radius 3 is 2.50 bits per heavy atom. The van der Waals surface area contributed by atoms with Gasteiger partial charge in [-0.15, -0.1) is 0 Å². The van der Waals surface area contributed by atoms with E-state index < -0.39 is 0 Å². The lowest BCUT2D eigenvalue weighted by molar-refractivity contribution is 0.0944. The molecule has 0 bridgehead atoms. The molecule has 0 saturated heterocycles. The van der Waals surface area contributed by atoms with Crippen LogP contribution in [-0.4, -0.2) is 21.6 Å². The van der Waals surface area contributed by atoms with Gasteiger partial charge in [0.05, 0.1) is 0 Å². The van der Waals surface area contributed by atoms with Crippen molar-refractivity contribution in [3.05, 3.63) is 83.0 Å². The van der Waals surface area contributed by atoms with Crippen LogP contribution < -0.4 is 10.6 Å². The highest BCUT2D eigenvalue weighted by Gasteiger charge is 2.15. The molecule has 0 fully saturated rings. The predicted molar refractivity (Wildman–Crippen MR) is 100.0 cm³/mol. The SMILES string of the molecule is Cc1cccc(CNC(=O)c2cc(NC(=O)c3ccccc3)n(C)n2)c1. The molecule has 0 spiro atoms. The monoisotopic (exact) mass is 348 g/mol. The number of amides is 2. The molecular formula is C20H20N4O2. The molecule has 0 aliphatic heterocycles. The van der Waals surface area contributed by atoms with Crippen molar-refractivity contribution < 1.29 is 9.59 Å². The number of nitrogens with one attached hydrogen (secondary N) is 2. The molecule has 3 rings (SSSR count). The summed E-state index contributed by atoms with van der Waals surface area (Å²) in [5.74, 6) is -0.0813. The van der Waals surface area contributed by atoms with E-state index in [4.69, 9.17) is 0 Å². The van der Waals surface area contributed by atoms with Crippen LogP contribution in [0.4, 0.5) is 5.82 Å². The van der Waals surface area contributed by atoms with Crippen molar-refractivity contribution in [2.24, 2.45) is 7.05 Å². The number of rotatable bonds is 5. The minimum absolute atomic E-state index is 0.250. The summed E-state index contributed by atoms with van der Waals surface area (Å²) in [5.41, 5.74) is 2.95. The summed E-state index contributed by atoms with van der Waals surface area (Å²) >= 11 is 0. The first-order valence-corrected chi connectivity index (χ1v) is 8.27. The molecule has 0 radical (unpaired) electrons. The van der Waals surface area contributed by atoms with Crippen LogP contribution in [0, 0.1) is 6.92 Å². The fraction of sp³-hybridized carbons (Fsp3) is 0.150. The van der Waals surface area contributed by atoms with Crippen LogP contribution in [0.2, 0.25) is 0 Å². The molecule has 1 aromatic heterocycles. The minimum atomic E-state index is -0.290. The number of benzene rings is 2. The molecule has 0 atom stereocenters. The van der Waals surface area contributed by atoms with Crippen molar-refractivity contribution in [1.29, 1.82) is 0 Å². The third-order valence-electron chi connectivity index (χ3n) is 3.93. The molecule has 0 aliphatic rings. The van der Waals surface area contributed by atoms with Crippen molar-refractivity contribution in [3.63, 3.8) is 0 Å². The van der Waals surface area contributed by atoms with Gasteiger partial charge in [0.1, 0.15) is 5.82 Å². The molecule has 2 amide bonds. The van der Waals surface area contributed by atoms with E-state index in [1.54, 1.807) is 37.4 Å². The molecule has 6 heteroatoms. The standard InChI is InChI=1S/C20H20N4O2/c1-14-7-6-8-15(11-14)13-21-20(26)17-12-18(24(2)23-17)22-19(25)16-9-4-3-5-10-16/h3-12H,13H2,1-2H3,(H,21,26)(H,22,25). The van der Waals surface area contributed by atoms with Gasteiger partial charge in [-0.1, -0.05) is 48.0 Å². The fourth-order valence-corrected chi connectivity index (χ4v) is 2.57. The van der Waals surface area contributed by atoms with Crippen LogP contribution >= 0.6 is 0 Å². The van der Waals surface area contributed by atoms with Gasteiger partial charge in [0.25, 0.3) is 11.8 Å². The van der Waals surface area contributed by atoms with E-state index in [9.17, 15) is 9.59 Å². The van der Waals surface area contributed by atoms with Gasteiger partial charge < -0.3 is 10.6 Å². The first kappa shape index (κ1) is 17.4. The van der Waals surface area contributed by atoms with Crippen molar-refractivity contribution in [1.82, 2.24) is 15.1 Å². The molecule has 26 heavy (non-hydrogen) atoms. The van der Waals surface area contributed by atoms with Gasteiger partial charge in [-0.3, -0.25) is 14.3 Å². The average molecular weight is 348 g/mol. The third-order valence-corrected chi connectivity index (χ3v) is 3.93. The Morgan fingerprint density at radius 2 is 1.77 bits per heavy atom. The maximum atomic E-state index is 12.3. The molecule has 0 unspecified atom stereocenters. The highest BCUT2D eigenvalue weighted by atomic mass is 16.2. The van der Waals surface area contributed by atoms with Gasteiger partial charge in [0, 0.05) is 25.2 Å². The Bertz CT molecular complexity index is 932. The zero-order valence-electron chi connectivity index (χ0n) is 14.7. The highest BCUT2D eigenvalue weighted by Crippen LogP contribution is 2.12. The molecule has 0 saturated carbocycles. The molecule has 132 valence electrons. The Labute approximate surface area is 151 Å². The van der Waals surface area contributed by atoms with Crippen molar-refractivity contribution in [2.75, 3.05) is 5.32 Å².